The van der Waals surface area contributed by atoms with Crippen molar-refractivity contribution >= 4 is 0 Å². The second-order valence-electron chi connectivity index (χ2n) is 7.55. The Morgan fingerprint density at radius 1 is 0.645 bits per heavy atom. The summed E-state index contributed by atoms with van der Waals surface area (Å²) in [7, 11) is 0. The first-order chi connectivity index (χ1) is 15.2. The fourth-order valence-electron chi connectivity index (χ4n) is 3.89. The zero-order valence-electron chi connectivity index (χ0n) is 17.2. The van der Waals surface area contributed by atoms with Crippen molar-refractivity contribution in [3.05, 3.63) is 121 Å². The molecule has 0 aliphatic heterocycles. The predicted octanol–water partition coefficient (Wildman–Crippen LogP) is 7.32. The van der Waals surface area contributed by atoms with Gasteiger partial charge in [-0.2, -0.15) is 0 Å². The summed E-state index contributed by atoms with van der Waals surface area (Å²) < 4.78 is 15.8. The van der Waals surface area contributed by atoms with Crippen molar-refractivity contribution in [1.82, 2.24) is 9.55 Å². The van der Waals surface area contributed by atoms with Crippen molar-refractivity contribution in [2.24, 2.45) is 0 Å². The predicted molar refractivity (Wildman–Crippen MR) is 125 cm³/mol. The lowest BCUT2D eigenvalue weighted by atomic mass is 10.0. The van der Waals surface area contributed by atoms with Crippen LogP contribution in [0.25, 0.3) is 39.6 Å². The van der Waals surface area contributed by atoms with Gasteiger partial charge in [-0.3, -0.25) is 4.57 Å². The topological polar surface area (TPSA) is 17.8 Å². The lowest BCUT2D eigenvalue weighted by Crippen LogP contribution is -2.00. The van der Waals surface area contributed by atoms with Crippen LogP contribution in [0.3, 0.4) is 0 Å². The fourth-order valence-corrected chi connectivity index (χ4v) is 3.89. The Balaban J connectivity index is 1.89. The highest BCUT2D eigenvalue weighted by atomic mass is 19.1. The van der Waals surface area contributed by atoms with Crippen LogP contribution in [0.4, 0.5) is 4.39 Å². The zero-order valence-corrected chi connectivity index (χ0v) is 17.2. The van der Waals surface area contributed by atoms with Gasteiger partial charge >= 0.3 is 0 Å². The van der Waals surface area contributed by atoms with Gasteiger partial charge in [0.05, 0.1) is 11.4 Å². The molecular formula is C28H21FN2. The third kappa shape index (κ3) is 3.66. The van der Waals surface area contributed by atoms with Gasteiger partial charge in [-0.05, 0) is 48.9 Å². The summed E-state index contributed by atoms with van der Waals surface area (Å²) in [6, 6.07) is 35.4. The Morgan fingerprint density at radius 3 is 1.94 bits per heavy atom. The van der Waals surface area contributed by atoms with E-state index in [0.29, 0.717) is 0 Å². The van der Waals surface area contributed by atoms with Gasteiger partial charge in [-0.1, -0.05) is 72.8 Å². The SMILES string of the molecule is Cc1cccc(-n2c(-c3ccc(F)cc3)nc(-c3ccccc3)c2-c2ccccc2)c1. The average molecular weight is 404 g/mol. The molecule has 0 N–H and O–H groups in total. The summed E-state index contributed by atoms with van der Waals surface area (Å²) in [5, 5.41) is 0. The van der Waals surface area contributed by atoms with E-state index in [4.69, 9.17) is 4.98 Å². The maximum absolute atomic E-state index is 13.7. The van der Waals surface area contributed by atoms with Crippen molar-refractivity contribution in [2.45, 2.75) is 6.92 Å². The lowest BCUT2D eigenvalue weighted by Gasteiger charge is -2.14. The monoisotopic (exact) mass is 404 g/mol. The number of nitrogens with zero attached hydrogens (tertiary/aromatic N) is 2. The summed E-state index contributed by atoms with van der Waals surface area (Å²) in [6.45, 7) is 2.08. The molecule has 0 saturated heterocycles. The summed E-state index contributed by atoms with van der Waals surface area (Å²) in [6.07, 6.45) is 0. The molecule has 0 spiro atoms. The number of hydrogen-bond acceptors (Lipinski definition) is 1. The molecular weight excluding hydrogens is 383 g/mol. The van der Waals surface area contributed by atoms with Crippen LogP contribution in [0.15, 0.2) is 109 Å². The van der Waals surface area contributed by atoms with Gasteiger partial charge in [0.25, 0.3) is 0 Å². The van der Waals surface area contributed by atoms with Crippen LogP contribution >= 0.6 is 0 Å². The highest BCUT2D eigenvalue weighted by molar-refractivity contribution is 5.84. The summed E-state index contributed by atoms with van der Waals surface area (Å²) in [5.74, 6) is 0.521. The van der Waals surface area contributed by atoms with Crippen molar-refractivity contribution in [1.29, 1.82) is 0 Å². The van der Waals surface area contributed by atoms with E-state index in [-0.39, 0.29) is 5.82 Å². The van der Waals surface area contributed by atoms with Crippen molar-refractivity contribution in [3.8, 4) is 39.6 Å². The van der Waals surface area contributed by atoms with Crippen LogP contribution in [0.1, 0.15) is 5.56 Å². The number of hydrogen-bond donors (Lipinski definition) is 0. The minimum absolute atomic E-state index is 0.260. The van der Waals surface area contributed by atoms with Crippen LogP contribution < -0.4 is 0 Å². The van der Waals surface area contributed by atoms with Gasteiger partial charge in [0.15, 0.2) is 0 Å². The molecule has 4 aromatic carbocycles. The maximum atomic E-state index is 13.7. The van der Waals surface area contributed by atoms with Crippen molar-refractivity contribution in [2.75, 3.05) is 0 Å². The quantitative estimate of drug-likeness (QED) is 0.307. The Morgan fingerprint density at radius 2 is 1.29 bits per heavy atom. The molecule has 0 radical (unpaired) electrons. The largest absolute Gasteiger partial charge is 0.292 e. The average Bonchev–Trinajstić information content (AvgIpc) is 3.21. The molecule has 0 fully saturated rings. The third-order valence-electron chi connectivity index (χ3n) is 5.33. The van der Waals surface area contributed by atoms with Crippen molar-refractivity contribution in [3.63, 3.8) is 0 Å². The van der Waals surface area contributed by atoms with Gasteiger partial charge in [0.1, 0.15) is 11.6 Å². The smallest absolute Gasteiger partial charge is 0.145 e. The van der Waals surface area contributed by atoms with Gasteiger partial charge in [-0.15, -0.1) is 0 Å². The molecule has 0 atom stereocenters. The Kier molecular flexibility index (Phi) is 4.93. The van der Waals surface area contributed by atoms with E-state index in [1.807, 2.05) is 36.4 Å². The van der Waals surface area contributed by atoms with Crippen LogP contribution in [0.5, 0.6) is 0 Å². The zero-order chi connectivity index (χ0) is 21.2. The van der Waals surface area contributed by atoms with Crippen LogP contribution in [-0.2, 0) is 0 Å². The van der Waals surface area contributed by atoms with Crippen LogP contribution in [0.2, 0.25) is 0 Å². The molecule has 1 aromatic heterocycles. The molecule has 5 aromatic rings. The first kappa shape index (κ1) is 19.0. The molecule has 1 heterocycles. The van der Waals surface area contributed by atoms with Gasteiger partial charge in [0.2, 0.25) is 0 Å². The standard InChI is InChI=1S/C28H21FN2/c1-20-9-8-14-25(19-20)31-27(22-12-6-3-7-13-22)26(21-10-4-2-5-11-21)30-28(31)23-15-17-24(29)18-16-23/h2-19H,1H3. The number of halogens is 1. The second-order valence-corrected chi connectivity index (χ2v) is 7.55. The first-order valence-corrected chi connectivity index (χ1v) is 10.3. The lowest BCUT2D eigenvalue weighted by molar-refractivity contribution is 0.628. The maximum Gasteiger partial charge on any atom is 0.145 e. The summed E-state index contributed by atoms with van der Waals surface area (Å²) >= 11 is 0. The molecule has 31 heavy (non-hydrogen) atoms. The highest BCUT2D eigenvalue weighted by Gasteiger charge is 2.22. The third-order valence-corrected chi connectivity index (χ3v) is 5.33. The van der Waals surface area contributed by atoms with E-state index >= 15 is 0 Å². The summed E-state index contributed by atoms with van der Waals surface area (Å²) in [4.78, 5) is 5.10. The second kappa shape index (κ2) is 8.04. The Hall–Kier alpha value is -3.98. The van der Waals surface area contributed by atoms with Gasteiger partial charge in [0, 0.05) is 22.4 Å². The molecule has 0 unspecified atom stereocenters. The van der Waals surface area contributed by atoms with Gasteiger partial charge < -0.3 is 0 Å². The molecule has 2 nitrogen and oxygen atoms in total. The number of aryl methyl sites for hydroxylation is 1. The number of rotatable bonds is 4. The number of aromatic nitrogens is 2. The molecule has 150 valence electrons. The Labute approximate surface area is 181 Å². The summed E-state index contributed by atoms with van der Waals surface area (Å²) in [5.41, 5.74) is 7.07. The van der Waals surface area contributed by atoms with Crippen LogP contribution in [0, 0.1) is 12.7 Å². The van der Waals surface area contributed by atoms with E-state index in [1.54, 1.807) is 12.1 Å². The number of benzene rings is 4. The van der Waals surface area contributed by atoms with Gasteiger partial charge in [-0.25, -0.2) is 9.37 Å². The Bertz CT molecular complexity index is 1320. The minimum Gasteiger partial charge on any atom is -0.292 e. The van der Waals surface area contributed by atoms with E-state index < -0.39 is 0 Å². The molecule has 0 saturated carbocycles. The first-order valence-electron chi connectivity index (χ1n) is 10.3. The molecule has 0 aliphatic rings. The highest BCUT2D eigenvalue weighted by Crippen LogP contribution is 2.38. The molecule has 0 amide bonds. The van der Waals surface area contributed by atoms with E-state index in [2.05, 4.69) is 60.0 Å². The molecule has 3 heteroatoms. The normalized spacial score (nSPS) is 10.9. The van der Waals surface area contributed by atoms with E-state index in [9.17, 15) is 4.39 Å². The molecule has 5 rings (SSSR count). The molecule has 0 bridgehead atoms. The number of imidazole rings is 1. The molecule has 0 aliphatic carbocycles. The fraction of sp³-hybridized carbons (Fsp3) is 0.0357. The van der Waals surface area contributed by atoms with E-state index in [0.717, 1.165) is 45.2 Å². The van der Waals surface area contributed by atoms with E-state index in [1.165, 1.54) is 12.1 Å². The minimum atomic E-state index is -0.260. The van der Waals surface area contributed by atoms with Crippen LogP contribution in [-0.4, -0.2) is 9.55 Å². The van der Waals surface area contributed by atoms with Crippen molar-refractivity contribution < 1.29 is 4.39 Å².